The number of benzene rings is 1. The van der Waals surface area contributed by atoms with Gasteiger partial charge in [-0.15, -0.1) is 0 Å². The number of nitrogens with zero attached hydrogens (tertiary/aromatic N) is 2. The van der Waals surface area contributed by atoms with Gasteiger partial charge in [0.25, 0.3) is 0 Å². The highest BCUT2D eigenvalue weighted by Crippen LogP contribution is 2.18. The Labute approximate surface area is 160 Å². The third-order valence-electron chi connectivity index (χ3n) is 4.23. The molecule has 0 aliphatic heterocycles. The molecule has 0 aliphatic carbocycles. The van der Waals surface area contributed by atoms with Crippen LogP contribution in [0.3, 0.4) is 0 Å². The first kappa shape index (κ1) is 20.7. The maximum Gasteiger partial charge on any atom is 0.191 e. The molecule has 2 aromatic rings. The molecule has 1 aromatic carbocycles. The Morgan fingerprint density at radius 3 is 2.67 bits per heavy atom. The lowest BCUT2D eigenvalue weighted by molar-refractivity contribution is 0.196. The number of ether oxygens (including phenoxy) is 1. The van der Waals surface area contributed by atoms with Gasteiger partial charge in [-0.1, -0.05) is 24.2 Å². The normalized spacial score (nSPS) is 12.7. The fourth-order valence-corrected chi connectivity index (χ4v) is 2.67. The van der Waals surface area contributed by atoms with Crippen molar-refractivity contribution in [3.63, 3.8) is 0 Å². The summed E-state index contributed by atoms with van der Waals surface area (Å²) in [6.45, 7) is 9.77. The Morgan fingerprint density at radius 2 is 2.04 bits per heavy atom. The Hall–Kier alpha value is -2.57. The maximum atomic E-state index is 13.8. The predicted molar refractivity (Wildman–Crippen MR) is 105 cm³/mol. The average molecular weight is 376 g/mol. The molecule has 1 aromatic heterocycles. The number of para-hydroxylation sites is 1. The molecule has 6 nitrogen and oxygen atoms in total. The second kappa shape index (κ2) is 10.5. The number of guanidine groups is 1. The van der Waals surface area contributed by atoms with Crippen molar-refractivity contribution >= 4 is 5.96 Å². The molecule has 2 N–H and O–H groups in total. The molecule has 0 saturated heterocycles. The summed E-state index contributed by atoms with van der Waals surface area (Å²) in [7, 11) is 0. The summed E-state index contributed by atoms with van der Waals surface area (Å²) in [5, 5.41) is 10.5. The Bertz CT molecular complexity index is 726. The third-order valence-corrected chi connectivity index (χ3v) is 4.23. The Morgan fingerprint density at radius 1 is 1.26 bits per heavy atom. The molecule has 148 valence electrons. The van der Waals surface area contributed by atoms with Gasteiger partial charge < -0.3 is 19.9 Å². The van der Waals surface area contributed by atoms with Crippen LogP contribution in [0.15, 0.2) is 33.8 Å². The lowest BCUT2D eigenvalue weighted by Crippen LogP contribution is -2.39. The van der Waals surface area contributed by atoms with Gasteiger partial charge >= 0.3 is 0 Å². The van der Waals surface area contributed by atoms with Gasteiger partial charge in [-0.25, -0.2) is 9.38 Å². The smallest absolute Gasteiger partial charge is 0.191 e. The van der Waals surface area contributed by atoms with Gasteiger partial charge in [0.15, 0.2) is 17.5 Å². The zero-order valence-electron chi connectivity index (χ0n) is 16.5. The van der Waals surface area contributed by atoms with E-state index >= 15 is 0 Å². The number of rotatable bonds is 9. The third kappa shape index (κ3) is 6.27. The Balaban J connectivity index is 1.91. The van der Waals surface area contributed by atoms with E-state index in [2.05, 4.69) is 20.8 Å². The molecule has 0 bridgehead atoms. The summed E-state index contributed by atoms with van der Waals surface area (Å²) >= 11 is 0. The monoisotopic (exact) mass is 376 g/mol. The number of nitrogens with one attached hydrogen (secondary N) is 2. The van der Waals surface area contributed by atoms with Crippen molar-refractivity contribution in [3.05, 3.63) is 47.1 Å². The quantitative estimate of drug-likeness (QED) is 0.518. The van der Waals surface area contributed by atoms with Crippen LogP contribution in [0.5, 0.6) is 5.75 Å². The van der Waals surface area contributed by atoms with E-state index < -0.39 is 0 Å². The lowest BCUT2D eigenvalue weighted by atomic mass is 10.1. The highest BCUT2D eigenvalue weighted by Gasteiger charge is 2.12. The molecule has 7 heteroatoms. The molecule has 0 spiro atoms. The second-order valence-electron chi connectivity index (χ2n) is 6.28. The molecule has 0 saturated carbocycles. The molecular weight excluding hydrogens is 347 g/mol. The molecule has 0 radical (unpaired) electrons. The highest BCUT2D eigenvalue weighted by atomic mass is 19.1. The summed E-state index contributed by atoms with van der Waals surface area (Å²) in [4.78, 5) is 4.58. The van der Waals surface area contributed by atoms with Gasteiger partial charge in [-0.05, 0) is 45.7 Å². The van der Waals surface area contributed by atoms with Crippen molar-refractivity contribution in [1.82, 2.24) is 15.8 Å². The molecule has 1 atom stereocenters. The minimum absolute atomic E-state index is 0.195. The SMILES string of the molecule is CCNC(=NCC(CC)Oc1ccccc1F)NCCc1c(C)noc1C. The molecule has 27 heavy (non-hydrogen) atoms. The average Bonchev–Trinajstić information content (AvgIpc) is 2.98. The van der Waals surface area contributed by atoms with Crippen molar-refractivity contribution in [2.45, 2.75) is 46.6 Å². The van der Waals surface area contributed by atoms with Crippen LogP contribution in [0.1, 0.15) is 37.3 Å². The number of halogens is 1. The first-order valence-corrected chi connectivity index (χ1v) is 9.40. The fraction of sp³-hybridized carbons (Fsp3) is 0.500. The van der Waals surface area contributed by atoms with Crippen molar-refractivity contribution in [3.8, 4) is 5.75 Å². The van der Waals surface area contributed by atoms with Crippen molar-refractivity contribution < 1.29 is 13.7 Å². The highest BCUT2D eigenvalue weighted by molar-refractivity contribution is 5.79. The number of aliphatic imine (C=N–C) groups is 1. The molecular formula is C20H29FN4O2. The van der Waals surface area contributed by atoms with Crippen LogP contribution in [0, 0.1) is 19.7 Å². The van der Waals surface area contributed by atoms with E-state index in [0.29, 0.717) is 19.0 Å². The van der Waals surface area contributed by atoms with Crippen molar-refractivity contribution in [2.24, 2.45) is 4.99 Å². The summed E-state index contributed by atoms with van der Waals surface area (Å²) < 4.78 is 24.7. The zero-order chi connectivity index (χ0) is 19.6. The van der Waals surface area contributed by atoms with Gasteiger partial charge in [0.05, 0.1) is 12.2 Å². The molecule has 2 rings (SSSR count). The predicted octanol–water partition coefficient (Wildman–Crippen LogP) is 3.39. The van der Waals surface area contributed by atoms with Gasteiger partial charge in [0.2, 0.25) is 0 Å². The van der Waals surface area contributed by atoms with E-state index in [1.54, 1.807) is 18.2 Å². The number of aryl methyl sites for hydroxylation is 2. The van der Waals surface area contributed by atoms with Crippen LogP contribution in [0.4, 0.5) is 4.39 Å². The number of hydrogen-bond acceptors (Lipinski definition) is 4. The summed E-state index contributed by atoms with van der Waals surface area (Å²) in [5.74, 6) is 1.46. The second-order valence-corrected chi connectivity index (χ2v) is 6.28. The first-order chi connectivity index (χ1) is 13.0. The van der Waals surface area contributed by atoms with Crippen LogP contribution in [0.25, 0.3) is 0 Å². The molecule has 1 unspecified atom stereocenters. The van der Waals surface area contributed by atoms with Crippen molar-refractivity contribution in [2.75, 3.05) is 19.6 Å². The lowest BCUT2D eigenvalue weighted by Gasteiger charge is -2.17. The van der Waals surface area contributed by atoms with Gasteiger partial charge in [-0.2, -0.15) is 0 Å². The summed E-state index contributed by atoms with van der Waals surface area (Å²) in [5.41, 5.74) is 2.04. The van der Waals surface area contributed by atoms with Gasteiger partial charge in [0, 0.05) is 18.7 Å². The van der Waals surface area contributed by atoms with E-state index in [-0.39, 0.29) is 17.7 Å². The summed E-state index contributed by atoms with van der Waals surface area (Å²) in [6.07, 6.45) is 1.34. The van der Waals surface area contributed by atoms with Crippen LogP contribution >= 0.6 is 0 Å². The fourth-order valence-electron chi connectivity index (χ4n) is 2.67. The summed E-state index contributed by atoms with van der Waals surface area (Å²) in [6, 6.07) is 6.43. The molecule has 0 amide bonds. The number of hydrogen-bond donors (Lipinski definition) is 2. The van der Waals surface area contributed by atoms with Crippen molar-refractivity contribution in [1.29, 1.82) is 0 Å². The van der Waals surface area contributed by atoms with Crippen LogP contribution in [-0.2, 0) is 6.42 Å². The largest absolute Gasteiger partial charge is 0.485 e. The minimum atomic E-state index is -0.357. The molecule has 0 fully saturated rings. The molecule has 1 heterocycles. The van der Waals surface area contributed by atoms with Crippen LogP contribution < -0.4 is 15.4 Å². The van der Waals surface area contributed by atoms with E-state index in [0.717, 1.165) is 36.4 Å². The van der Waals surface area contributed by atoms with Crippen LogP contribution in [-0.4, -0.2) is 36.9 Å². The van der Waals surface area contributed by atoms with E-state index in [1.807, 2.05) is 27.7 Å². The van der Waals surface area contributed by atoms with Crippen LogP contribution in [0.2, 0.25) is 0 Å². The Kier molecular flexibility index (Phi) is 8.10. The van der Waals surface area contributed by atoms with E-state index in [1.165, 1.54) is 6.07 Å². The number of aromatic nitrogens is 1. The molecule has 0 aliphatic rings. The van der Waals surface area contributed by atoms with E-state index in [4.69, 9.17) is 9.26 Å². The maximum absolute atomic E-state index is 13.8. The topological polar surface area (TPSA) is 71.7 Å². The van der Waals surface area contributed by atoms with Gasteiger partial charge in [0.1, 0.15) is 11.9 Å². The standard InChI is InChI=1S/C20H29FN4O2/c1-5-16(26-19-10-8-7-9-18(19)21)13-24-20(22-6-2)23-12-11-17-14(3)25-27-15(17)4/h7-10,16H,5-6,11-13H2,1-4H3,(H2,22,23,24). The zero-order valence-corrected chi connectivity index (χ0v) is 16.5. The van der Waals surface area contributed by atoms with E-state index in [9.17, 15) is 4.39 Å². The first-order valence-electron chi connectivity index (χ1n) is 9.40. The van der Waals surface area contributed by atoms with Gasteiger partial charge in [-0.3, -0.25) is 0 Å². The minimum Gasteiger partial charge on any atom is -0.485 e.